The van der Waals surface area contributed by atoms with E-state index in [9.17, 15) is 4.79 Å². The van der Waals surface area contributed by atoms with Crippen molar-refractivity contribution < 1.29 is 9.53 Å². The van der Waals surface area contributed by atoms with Gasteiger partial charge in [0.1, 0.15) is 5.75 Å². The van der Waals surface area contributed by atoms with Gasteiger partial charge in [0.2, 0.25) is 0 Å². The SMILES string of the molecule is COc1ccc(C)cc1NC1CCCN(C(=O)c2ccccc2Cl)C1. The zero-order valence-corrected chi connectivity index (χ0v) is 15.3. The topological polar surface area (TPSA) is 41.6 Å². The Balaban J connectivity index is 1.72. The molecule has 0 radical (unpaired) electrons. The highest BCUT2D eigenvalue weighted by Crippen LogP contribution is 2.28. The number of amides is 1. The summed E-state index contributed by atoms with van der Waals surface area (Å²) in [6.45, 7) is 3.47. The van der Waals surface area contributed by atoms with Crippen molar-refractivity contribution in [1.82, 2.24) is 4.90 Å². The van der Waals surface area contributed by atoms with E-state index >= 15 is 0 Å². The van der Waals surface area contributed by atoms with Crippen LogP contribution in [0.3, 0.4) is 0 Å². The van der Waals surface area contributed by atoms with Crippen LogP contribution in [0, 0.1) is 6.92 Å². The smallest absolute Gasteiger partial charge is 0.255 e. The van der Waals surface area contributed by atoms with E-state index in [0.29, 0.717) is 17.1 Å². The molecule has 1 atom stereocenters. The van der Waals surface area contributed by atoms with E-state index in [-0.39, 0.29) is 11.9 Å². The lowest BCUT2D eigenvalue weighted by atomic mass is 10.0. The summed E-state index contributed by atoms with van der Waals surface area (Å²) < 4.78 is 5.44. The summed E-state index contributed by atoms with van der Waals surface area (Å²) in [6.07, 6.45) is 1.98. The minimum absolute atomic E-state index is 0.00620. The number of halogens is 1. The van der Waals surface area contributed by atoms with Crippen LogP contribution in [0.2, 0.25) is 5.02 Å². The van der Waals surface area contributed by atoms with E-state index in [2.05, 4.69) is 18.3 Å². The molecule has 0 saturated carbocycles. The second-order valence-corrected chi connectivity index (χ2v) is 6.83. The quantitative estimate of drug-likeness (QED) is 0.882. The molecule has 1 aliphatic rings. The first kappa shape index (κ1) is 17.6. The van der Waals surface area contributed by atoms with Crippen molar-refractivity contribution in [2.45, 2.75) is 25.8 Å². The van der Waals surface area contributed by atoms with Crippen LogP contribution in [-0.4, -0.2) is 37.0 Å². The summed E-state index contributed by atoms with van der Waals surface area (Å²) in [5.74, 6) is 0.813. The summed E-state index contributed by atoms with van der Waals surface area (Å²) in [5, 5.41) is 4.04. The predicted octanol–water partition coefficient (Wildman–Crippen LogP) is 4.37. The molecule has 0 aliphatic carbocycles. The number of nitrogens with one attached hydrogen (secondary N) is 1. The molecule has 3 rings (SSSR count). The highest BCUT2D eigenvalue weighted by atomic mass is 35.5. The van der Waals surface area contributed by atoms with E-state index in [4.69, 9.17) is 16.3 Å². The Bertz CT molecular complexity index is 763. The van der Waals surface area contributed by atoms with Gasteiger partial charge < -0.3 is 15.0 Å². The molecule has 4 nitrogen and oxygen atoms in total. The van der Waals surface area contributed by atoms with Gasteiger partial charge >= 0.3 is 0 Å². The molecule has 1 heterocycles. The molecule has 1 unspecified atom stereocenters. The second-order valence-electron chi connectivity index (χ2n) is 6.42. The molecule has 132 valence electrons. The fraction of sp³-hybridized carbons (Fsp3) is 0.350. The third-order valence-corrected chi connectivity index (χ3v) is 4.86. The first-order chi connectivity index (χ1) is 12.1. The van der Waals surface area contributed by atoms with Crippen molar-refractivity contribution >= 4 is 23.2 Å². The standard InChI is InChI=1S/C20H23ClN2O2/c1-14-9-10-19(25-2)18(12-14)22-15-6-5-11-23(13-15)20(24)16-7-3-4-8-17(16)21/h3-4,7-10,12,15,22H,5-6,11,13H2,1-2H3. The van der Waals surface area contributed by atoms with Crippen molar-refractivity contribution in [3.05, 3.63) is 58.6 Å². The Morgan fingerprint density at radius 3 is 2.84 bits per heavy atom. The average molecular weight is 359 g/mol. The van der Waals surface area contributed by atoms with Gasteiger partial charge in [-0.05, 0) is 49.6 Å². The molecule has 0 aromatic heterocycles. The number of benzene rings is 2. The number of likely N-dealkylation sites (tertiary alicyclic amines) is 1. The Hall–Kier alpha value is -2.20. The Morgan fingerprint density at radius 2 is 2.08 bits per heavy atom. The molecule has 1 amide bonds. The van der Waals surface area contributed by atoms with Crippen LogP contribution in [0.15, 0.2) is 42.5 Å². The molecule has 0 spiro atoms. The van der Waals surface area contributed by atoms with E-state index in [1.165, 1.54) is 5.56 Å². The number of ether oxygens (including phenoxy) is 1. The third-order valence-electron chi connectivity index (χ3n) is 4.53. The molecular formula is C20H23ClN2O2. The molecule has 1 saturated heterocycles. The molecule has 0 bridgehead atoms. The lowest BCUT2D eigenvalue weighted by Crippen LogP contribution is -2.45. The van der Waals surface area contributed by atoms with Gasteiger partial charge in [-0.1, -0.05) is 29.8 Å². The maximum absolute atomic E-state index is 12.8. The summed E-state index contributed by atoms with van der Waals surface area (Å²) in [6, 6.07) is 13.5. The average Bonchev–Trinajstić information content (AvgIpc) is 2.62. The van der Waals surface area contributed by atoms with Crippen LogP contribution in [-0.2, 0) is 0 Å². The number of aryl methyl sites for hydroxylation is 1. The number of methoxy groups -OCH3 is 1. The van der Waals surface area contributed by atoms with Gasteiger partial charge in [-0.15, -0.1) is 0 Å². The number of carbonyl (C=O) groups is 1. The summed E-state index contributed by atoms with van der Waals surface area (Å²) >= 11 is 6.18. The van der Waals surface area contributed by atoms with E-state index < -0.39 is 0 Å². The molecular weight excluding hydrogens is 336 g/mol. The third kappa shape index (κ3) is 4.07. The number of piperidine rings is 1. The normalized spacial score (nSPS) is 17.2. The molecule has 2 aromatic rings. The van der Waals surface area contributed by atoms with Gasteiger partial charge in [-0.3, -0.25) is 4.79 Å². The molecule has 1 aliphatic heterocycles. The van der Waals surface area contributed by atoms with Gasteiger partial charge in [-0.25, -0.2) is 0 Å². The number of hydrogen-bond acceptors (Lipinski definition) is 3. The Morgan fingerprint density at radius 1 is 1.28 bits per heavy atom. The van der Waals surface area contributed by atoms with Gasteiger partial charge in [-0.2, -0.15) is 0 Å². The maximum atomic E-state index is 12.8. The molecule has 5 heteroatoms. The van der Waals surface area contributed by atoms with Gasteiger partial charge in [0, 0.05) is 19.1 Å². The van der Waals surface area contributed by atoms with Crippen LogP contribution < -0.4 is 10.1 Å². The molecule has 1 fully saturated rings. The lowest BCUT2D eigenvalue weighted by molar-refractivity contribution is 0.0715. The summed E-state index contributed by atoms with van der Waals surface area (Å²) in [4.78, 5) is 14.7. The zero-order chi connectivity index (χ0) is 17.8. The molecule has 25 heavy (non-hydrogen) atoms. The largest absolute Gasteiger partial charge is 0.495 e. The van der Waals surface area contributed by atoms with E-state index in [0.717, 1.165) is 30.8 Å². The first-order valence-electron chi connectivity index (χ1n) is 8.53. The first-order valence-corrected chi connectivity index (χ1v) is 8.91. The lowest BCUT2D eigenvalue weighted by Gasteiger charge is -2.34. The van der Waals surface area contributed by atoms with Crippen molar-refractivity contribution in [2.75, 3.05) is 25.5 Å². The number of anilines is 1. The van der Waals surface area contributed by atoms with Crippen molar-refractivity contribution in [2.24, 2.45) is 0 Å². The van der Waals surface area contributed by atoms with Gasteiger partial charge in [0.05, 0.1) is 23.4 Å². The Kier molecular flexibility index (Phi) is 5.49. The van der Waals surface area contributed by atoms with Crippen molar-refractivity contribution in [1.29, 1.82) is 0 Å². The molecule has 2 aromatic carbocycles. The van der Waals surface area contributed by atoms with Gasteiger partial charge in [0.15, 0.2) is 0 Å². The minimum Gasteiger partial charge on any atom is -0.495 e. The molecule has 1 N–H and O–H groups in total. The highest BCUT2D eigenvalue weighted by Gasteiger charge is 2.26. The van der Waals surface area contributed by atoms with Crippen LogP contribution in [0.1, 0.15) is 28.8 Å². The van der Waals surface area contributed by atoms with Crippen LogP contribution in [0.4, 0.5) is 5.69 Å². The maximum Gasteiger partial charge on any atom is 0.255 e. The van der Waals surface area contributed by atoms with Crippen molar-refractivity contribution in [3.8, 4) is 5.75 Å². The predicted molar refractivity (Wildman–Crippen MR) is 102 cm³/mol. The van der Waals surface area contributed by atoms with Crippen LogP contribution in [0.25, 0.3) is 0 Å². The Labute approximate surface area is 153 Å². The van der Waals surface area contributed by atoms with Gasteiger partial charge in [0.25, 0.3) is 5.91 Å². The number of hydrogen-bond donors (Lipinski definition) is 1. The summed E-state index contributed by atoms with van der Waals surface area (Å²) in [7, 11) is 1.67. The fourth-order valence-electron chi connectivity index (χ4n) is 3.24. The number of rotatable bonds is 4. The highest BCUT2D eigenvalue weighted by molar-refractivity contribution is 6.33. The fourth-order valence-corrected chi connectivity index (χ4v) is 3.46. The summed E-state index contributed by atoms with van der Waals surface area (Å²) in [5.41, 5.74) is 2.71. The monoisotopic (exact) mass is 358 g/mol. The zero-order valence-electron chi connectivity index (χ0n) is 14.6. The van der Waals surface area contributed by atoms with Crippen molar-refractivity contribution in [3.63, 3.8) is 0 Å². The van der Waals surface area contributed by atoms with Crippen LogP contribution in [0.5, 0.6) is 5.75 Å². The van der Waals surface area contributed by atoms with E-state index in [1.807, 2.05) is 29.2 Å². The second kappa shape index (κ2) is 7.79. The van der Waals surface area contributed by atoms with Crippen LogP contribution >= 0.6 is 11.6 Å². The minimum atomic E-state index is -0.00620. The van der Waals surface area contributed by atoms with E-state index in [1.54, 1.807) is 19.2 Å². The number of nitrogens with zero attached hydrogens (tertiary/aromatic N) is 1. The number of carbonyl (C=O) groups excluding carboxylic acids is 1.